The third kappa shape index (κ3) is 4.58. The Morgan fingerprint density at radius 1 is 1.65 bits per heavy atom. The van der Waals surface area contributed by atoms with Crippen molar-refractivity contribution in [2.24, 2.45) is 0 Å². The van der Waals surface area contributed by atoms with Crippen LogP contribution in [0, 0.1) is 0 Å². The van der Waals surface area contributed by atoms with Crippen LogP contribution in [-0.2, 0) is 10.5 Å². The molecule has 1 aromatic rings. The first kappa shape index (κ1) is 13.7. The number of aromatic nitrogens is 2. The van der Waals surface area contributed by atoms with E-state index in [4.69, 9.17) is 4.74 Å². The van der Waals surface area contributed by atoms with Gasteiger partial charge in [-0.3, -0.25) is 9.59 Å². The minimum Gasteiger partial charge on any atom is -0.383 e. The predicted octanol–water partition coefficient (Wildman–Crippen LogP) is 0.00910. The van der Waals surface area contributed by atoms with Crippen molar-refractivity contribution in [3.63, 3.8) is 0 Å². The van der Waals surface area contributed by atoms with Crippen LogP contribution in [-0.4, -0.2) is 42.4 Å². The lowest BCUT2D eigenvalue weighted by atomic mass is 10.3. The highest BCUT2D eigenvalue weighted by Gasteiger charge is 2.09. The summed E-state index contributed by atoms with van der Waals surface area (Å²) in [6.07, 6.45) is 1.89. The van der Waals surface area contributed by atoms with Gasteiger partial charge in [0.25, 0.3) is 11.5 Å². The maximum absolute atomic E-state index is 11.6. The molecule has 0 aromatic carbocycles. The van der Waals surface area contributed by atoms with Crippen LogP contribution in [0.1, 0.15) is 16.3 Å². The highest BCUT2D eigenvalue weighted by Crippen LogP contribution is 2.02. The van der Waals surface area contributed by atoms with Crippen LogP contribution in [0.3, 0.4) is 0 Å². The number of H-pyrrole nitrogens is 1. The first-order valence-corrected chi connectivity index (χ1v) is 6.43. The summed E-state index contributed by atoms with van der Waals surface area (Å²) in [6.45, 7) is 0.814. The molecule has 0 fully saturated rings. The summed E-state index contributed by atoms with van der Waals surface area (Å²) in [5, 5.41) is 2.61. The second-order valence-corrected chi connectivity index (χ2v) is 4.13. The maximum Gasteiger partial charge on any atom is 0.270 e. The molecule has 0 saturated heterocycles. The Kier molecular flexibility index (Phi) is 5.71. The number of methoxy groups -OCH3 is 1. The van der Waals surface area contributed by atoms with Crippen molar-refractivity contribution in [2.75, 3.05) is 26.5 Å². The van der Waals surface area contributed by atoms with Crippen LogP contribution in [0.2, 0.25) is 0 Å². The van der Waals surface area contributed by atoms with Crippen molar-refractivity contribution in [2.45, 2.75) is 5.75 Å². The smallest absolute Gasteiger partial charge is 0.270 e. The van der Waals surface area contributed by atoms with Gasteiger partial charge < -0.3 is 15.0 Å². The highest BCUT2D eigenvalue weighted by molar-refractivity contribution is 7.97. The molecule has 0 bridgehead atoms. The number of nitrogens with one attached hydrogen (secondary N) is 2. The van der Waals surface area contributed by atoms with Crippen LogP contribution < -0.4 is 10.9 Å². The fraction of sp³-hybridized carbons (Fsp3) is 0.500. The minimum atomic E-state index is -0.365. The summed E-state index contributed by atoms with van der Waals surface area (Å²) in [4.78, 5) is 29.6. The summed E-state index contributed by atoms with van der Waals surface area (Å²) in [6, 6.07) is 1.19. The molecule has 17 heavy (non-hydrogen) atoms. The van der Waals surface area contributed by atoms with Crippen molar-refractivity contribution in [3.8, 4) is 0 Å². The van der Waals surface area contributed by atoms with E-state index in [0.717, 1.165) is 0 Å². The monoisotopic (exact) mass is 257 g/mol. The number of aromatic amines is 1. The Morgan fingerprint density at radius 3 is 3.06 bits per heavy atom. The molecule has 0 atom stereocenters. The van der Waals surface area contributed by atoms with Crippen LogP contribution in [0.15, 0.2) is 10.9 Å². The lowest BCUT2D eigenvalue weighted by Crippen LogP contribution is -2.29. The summed E-state index contributed by atoms with van der Waals surface area (Å²) in [5.41, 5.74) is -0.185. The number of carbonyl (C=O) groups excluding carboxylic acids is 1. The molecule has 1 heterocycles. The van der Waals surface area contributed by atoms with E-state index in [1.807, 2.05) is 6.26 Å². The zero-order chi connectivity index (χ0) is 12.7. The molecule has 6 nitrogen and oxygen atoms in total. The summed E-state index contributed by atoms with van der Waals surface area (Å²) in [5.74, 6) is 0.700. The second-order valence-electron chi connectivity index (χ2n) is 3.26. The molecule has 7 heteroatoms. The lowest BCUT2D eigenvalue weighted by molar-refractivity contribution is 0.0931. The second kappa shape index (κ2) is 7.08. The predicted molar refractivity (Wildman–Crippen MR) is 66.3 cm³/mol. The van der Waals surface area contributed by atoms with E-state index in [1.165, 1.54) is 17.8 Å². The third-order valence-corrected chi connectivity index (χ3v) is 2.46. The fourth-order valence-electron chi connectivity index (χ4n) is 1.19. The number of thioether (sulfide) groups is 1. The fourth-order valence-corrected chi connectivity index (χ4v) is 1.60. The third-order valence-electron chi connectivity index (χ3n) is 1.90. The lowest BCUT2D eigenvalue weighted by Gasteiger charge is -2.04. The standard InChI is InChI=1S/C10H15N3O3S/c1-16-4-3-11-10(15)7-5-9(14)13-8(12-7)6-17-2/h5H,3-4,6H2,1-2H3,(H,11,15)(H,12,13,14). The molecular formula is C10H15N3O3S. The molecule has 0 unspecified atom stereocenters. The van der Waals surface area contributed by atoms with Gasteiger partial charge in [0, 0.05) is 19.7 Å². The van der Waals surface area contributed by atoms with E-state index >= 15 is 0 Å². The van der Waals surface area contributed by atoms with Crippen molar-refractivity contribution >= 4 is 17.7 Å². The average Bonchev–Trinajstić information content (AvgIpc) is 2.29. The van der Waals surface area contributed by atoms with Crippen molar-refractivity contribution in [1.82, 2.24) is 15.3 Å². The van der Waals surface area contributed by atoms with Gasteiger partial charge in [0.2, 0.25) is 0 Å². The molecule has 0 aliphatic heterocycles. The number of hydrogen-bond acceptors (Lipinski definition) is 5. The maximum atomic E-state index is 11.6. The first-order chi connectivity index (χ1) is 8.17. The van der Waals surface area contributed by atoms with Gasteiger partial charge in [0.05, 0.1) is 12.4 Å². The highest BCUT2D eigenvalue weighted by atomic mass is 32.2. The van der Waals surface area contributed by atoms with E-state index in [2.05, 4.69) is 15.3 Å². The zero-order valence-electron chi connectivity index (χ0n) is 9.78. The van der Waals surface area contributed by atoms with E-state index in [9.17, 15) is 9.59 Å². The number of nitrogens with zero attached hydrogens (tertiary/aromatic N) is 1. The Balaban J connectivity index is 2.75. The molecule has 0 saturated carbocycles. The number of carbonyl (C=O) groups is 1. The Bertz CT molecular complexity index is 433. The largest absolute Gasteiger partial charge is 0.383 e. The first-order valence-electron chi connectivity index (χ1n) is 5.03. The molecular weight excluding hydrogens is 242 g/mol. The van der Waals surface area contributed by atoms with Crippen LogP contribution in [0.25, 0.3) is 0 Å². The van der Waals surface area contributed by atoms with Crippen molar-refractivity contribution in [1.29, 1.82) is 0 Å². The minimum absolute atomic E-state index is 0.133. The molecule has 1 rings (SSSR count). The molecule has 2 N–H and O–H groups in total. The molecule has 0 aliphatic carbocycles. The molecule has 0 radical (unpaired) electrons. The molecule has 0 aliphatic rings. The van der Waals surface area contributed by atoms with Crippen LogP contribution in [0.5, 0.6) is 0 Å². The average molecular weight is 257 g/mol. The van der Waals surface area contributed by atoms with Gasteiger partial charge in [-0.05, 0) is 6.26 Å². The van der Waals surface area contributed by atoms with Gasteiger partial charge in [-0.1, -0.05) is 0 Å². The van der Waals surface area contributed by atoms with Gasteiger partial charge in [0.15, 0.2) is 0 Å². The molecule has 1 amide bonds. The van der Waals surface area contributed by atoms with E-state index in [0.29, 0.717) is 24.7 Å². The molecule has 0 spiro atoms. The van der Waals surface area contributed by atoms with Crippen LogP contribution >= 0.6 is 11.8 Å². The number of hydrogen-bond donors (Lipinski definition) is 2. The van der Waals surface area contributed by atoms with Gasteiger partial charge in [-0.2, -0.15) is 11.8 Å². The molecule has 1 aromatic heterocycles. The van der Waals surface area contributed by atoms with Gasteiger partial charge in [0.1, 0.15) is 11.5 Å². The topological polar surface area (TPSA) is 84.1 Å². The Labute approximate surface area is 103 Å². The van der Waals surface area contributed by atoms with Gasteiger partial charge in [-0.25, -0.2) is 4.98 Å². The van der Waals surface area contributed by atoms with Crippen LogP contribution in [0.4, 0.5) is 0 Å². The van der Waals surface area contributed by atoms with Crippen molar-refractivity contribution in [3.05, 3.63) is 27.9 Å². The van der Waals surface area contributed by atoms with Crippen molar-refractivity contribution < 1.29 is 9.53 Å². The normalized spacial score (nSPS) is 10.2. The number of rotatable bonds is 6. The summed E-state index contributed by atoms with van der Waals surface area (Å²) < 4.78 is 4.81. The summed E-state index contributed by atoms with van der Waals surface area (Å²) in [7, 11) is 1.55. The zero-order valence-corrected chi connectivity index (χ0v) is 10.6. The number of amides is 1. The quantitative estimate of drug-likeness (QED) is 0.701. The summed E-state index contributed by atoms with van der Waals surface area (Å²) >= 11 is 1.52. The van der Waals surface area contributed by atoms with Gasteiger partial charge >= 0.3 is 0 Å². The molecule has 94 valence electrons. The van der Waals surface area contributed by atoms with E-state index < -0.39 is 0 Å². The number of ether oxygens (including phenoxy) is 1. The SMILES string of the molecule is COCCNC(=O)c1cc(=O)[nH]c(CSC)n1. The van der Waals surface area contributed by atoms with E-state index in [-0.39, 0.29) is 17.2 Å². The van der Waals surface area contributed by atoms with E-state index in [1.54, 1.807) is 7.11 Å². The van der Waals surface area contributed by atoms with Gasteiger partial charge in [-0.15, -0.1) is 0 Å². The Hall–Kier alpha value is -1.34. The Morgan fingerprint density at radius 2 is 2.41 bits per heavy atom.